The fourth-order valence-corrected chi connectivity index (χ4v) is 6.79. The van der Waals surface area contributed by atoms with Crippen molar-refractivity contribution >= 4 is 54.4 Å². The molecule has 0 aliphatic rings. The summed E-state index contributed by atoms with van der Waals surface area (Å²) in [7, 11) is 0. The molecular weight excluding hydrogens is 522 g/mol. The highest BCUT2D eigenvalue weighted by molar-refractivity contribution is 6.30. The van der Waals surface area contributed by atoms with Gasteiger partial charge in [0, 0.05) is 28.7 Å². The van der Waals surface area contributed by atoms with Crippen molar-refractivity contribution in [1.29, 1.82) is 0 Å². The number of benzene rings is 7. The van der Waals surface area contributed by atoms with Crippen molar-refractivity contribution in [2.45, 2.75) is 0 Å². The Hall–Kier alpha value is -5.80. The molecule has 9 aromatic rings. The standard InChI is InChI=1S/C40H25N3/c1-3-11-26(12-4-1)32-24-38-40(31-18-10-9-17-30(31)32)39-29-16-8-7-15-28(29)19-20-36(39)43(38)37-25-35-34(41-21-22-42-35)23-33(37)27-13-5-2-6-14-27/h1-25H. The van der Waals surface area contributed by atoms with E-state index >= 15 is 0 Å². The molecular formula is C40H25N3. The average molecular weight is 548 g/mol. The maximum atomic E-state index is 4.74. The van der Waals surface area contributed by atoms with Gasteiger partial charge in [-0.15, -0.1) is 0 Å². The first-order chi connectivity index (χ1) is 21.3. The summed E-state index contributed by atoms with van der Waals surface area (Å²) in [5.74, 6) is 0. The van der Waals surface area contributed by atoms with E-state index in [9.17, 15) is 0 Å². The summed E-state index contributed by atoms with van der Waals surface area (Å²) < 4.78 is 2.45. The van der Waals surface area contributed by atoms with E-state index in [1.807, 2.05) is 0 Å². The zero-order valence-corrected chi connectivity index (χ0v) is 23.3. The highest BCUT2D eigenvalue weighted by Crippen LogP contribution is 2.45. The summed E-state index contributed by atoms with van der Waals surface area (Å²) >= 11 is 0. The van der Waals surface area contributed by atoms with Crippen LogP contribution in [-0.4, -0.2) is 14.5 Å². The van der Waals surface area contributed by atoms with Crippen LogP contribution in [0.4, 0.5) is 0 Å². The first-order valence-electron chi connectivity index (χ1n) is 14.6. The van der Waals surface area contributed by atoms with Crippen LogP contribution in [-0.2, 0) is 0 Å². The lowest BCUT2D eigenvalue weighted by Crippen LogP contribution is -1.99. The van der Waals surface area contributed by atoms with Gasteiger partial charge in [0.05, 0.1) is 27.8 Å². The van der Waals surface area contributed by atoms with Gasteiger partial charge in [-0.05, 0) is 62.5 Å². The quantitative estimate of drug-likeness (QED) is 0.220. The Labute approximate surface area is 248 Å². The smallest absolute Gasteiger partial charge is 0.0908 e. The Morgan fingerprint density at radius 3 is 1.74 bits per heavy atom. The SMILES string of the molecule is c1ccc(-c2cc3nccnc3cc2-n2c3ccc4ccccc4c3c3c4ccccc4c(-c4ccccc4)cc32)cc1. The molecule has 0 spiro atoms. The lowest BCUT2D eigenvalue weighted by Gasteiger charge is -2.16. The third-order valence-corrected chi connectivity index (χ3v) is 8.66. The largest absolute Gasteiger partial charge is 0.308 e. The number of nitrogens with zero attached hydrogens (tertiary/aromatic N) is 3. The molecule has 7 aromatic carbocycles. The van der Waals surface area contributed by atoms with Gasteiger partial charge in [0.25, 0.3) is 0 Å². The molecule has 2 aromatic heterocycles. The number of aromatic nitrogens is 3. The third-order valence-electron chi connectivity index (χ3n) is 8.66. The molecule has 2 heterocycles. The zero-order valence-electron chi connectivity index (χ0n) is 23.3. The van der Waals surface area contributed by atoms with Gasteiger partial charge in [-0.1, -0.05) is 115 Å². The number of hydrogen-bond acceptors (Lipinski definition) is 2. The van der Waals surface area contributed by atoms with E-state index in [1.54, 1.807) is 12.4 Å². The first-order valence-corrected chi connectivity index (χ1v) is 14.6. The van der Waals surface area contributed by atoms with Crippen LogP contribution < -0.4 is 0 Å². The Kier molecular flexibility index (Phi) is 5.20. The first kappa shape index (κ1) is 23.9. The monoisotopic (exact) mass is 547 g/mol. The zero-order chi connectivity index (χ0) is 28.3. The van der Waals surface area contributed by atoms with E-state index in [4.69, 9.17) is 4.98 Å². The molecule has 0 fully saturated rings. The van der Waals surface area contributed by atoms with Gasteiger partial charge < -0.3 is 4.57 Å². The van der Waals surface area contributed by atoms with E-state index in [2.05, 4.69) is 149 Å². The summed E-state index contributed by atoms with van der Waals surface area (Å²) in [4.78, 5) is 9.41. The van der Waals surface area contributed by atoms with E-state index in [-0.39, 0.29) is 0 Å². The van der Waals surface area contributed by atoms with Crippen LogP contribution >= 0.6 is 0 Å². The molecule has 0 N–H and O–H groups in total. The lowest BCUT2D eigenvalue weighted by atomic mass is 9.94. The van der Waals surface area contributed by atoms with Crippen LogP contribution in [0.15, 0.2) is 152 Å². The normalized spacial score (nSPS) is 11.7. The lowest BCUT2D eigenvalue weighted by molar-refractivity contribution is 1.18. The van der Waals surface area contributed by atoms with E-state index in [1.165, 1.54) is 54.5 Å². The minimum absolute atomic E-state index is 0.872. The van der Waals surface area contributed by atoms with E-state index in [0.717, 1.165) is 27.8 Å². The molecule has 43 heavy (non-hydrogen) atoms. The average Bonchev–Trinajstić information content (AvgIpc) is 3.43. The third kappa shape index (κ3) is 3.62. The van der Waals surface area contributed by atoms with Crippen LogP contribution in [0.2, 0.25) is 0 Å². The number of hydrogen-bond donors (Lipinski definition) is 0. The van der Waals surface area contributed by atoms with E-state index in [0.29, 0.717) is 0 Å². The van der Waals surface area contributed by atoms with Gasteiger partial charge in [-0.25, -0.2) is 0 Å². The molecule has 0 saturated heterocycles. The number of rotatable bonds is 3. The van der Waals surface area contributed by atoms with Crippen molar-refractivity contribution < 1.29 is 0 Å². The molecule has 0 radical (unpaired) electrons. The predicted molar refractivity (Wildman–Crippen MR) is 180 cm³/mol. The van der Waals surface area contributed by atoms with Crippen LogP contribution in [0.5, 0.6) is 0 Å². The predicted octanol–water partition coefficient (Wildman–Crippen LogP) is 10.4. The number of fused-ring (bicyclic) bond motifs is 8. The van der Waals surface area contributed by atoms with Gasteiger partial charge in [-0.2, -0.15) is 0 Å². The summed E-state index contributed by atoms with van der Waals surface area (Å²) in [5.41, 5.74) is 9.87. The van der Waals surface area contributed by atoms with Gasteiger partial charge in [-0.3, -0.25) is 9.97 Å². The molecule has 0 saturated carbocycles. The van der Waals surface area contributed by atoms with Crippen LogP contribution in [0.3, 0.4) is 0 Å². The molecule has 0 bridgehead atoms. The maximum Gasteiger partial charge on any atom is 0.0908 e. The van der Waals surface area contributed by atoms with Crippen molar-refractivity contribution in [1.82, 2.24) is 14.5 Å². The minimum Gasteiger partial charge on any atom is -0.308 e. The Bertz CT molecular complexity index is 2490. The Morgan fingerprint density at radius 1 is 0.419 bits per heavy atom. The highest BCUT2D eigenvalue weighted by atomic mass is 15.0. The van der Waals surface area contributed by atoms with Crippen LogP contribution in [0, 0.1) is 0 Å². The van der Waals surface area contributed by atoms with Gasteiger partial charge >= 0.3 is 0 Å². The maximum absolute atomic E-state index is 4.74. The van der Waals surface area contributed by atoms with Crippen LogP contribution in [0.25, 0.3) is 82.3 Å². The van der Waals surface area contributed by atoms with Crippen molar-refractivity contribution in [3.05, 3.63) is 152 Å². The second-order valence-electron chi connectivity index (χ2n) is 11.0. The molecule has 9 rings (SSSR count). The van der Waals surface area contributed by atoms with Gasteiger partial charge in [0.15, 0.2) is 0 Å². The molecule has 3 heteroatoms. The molecule has 0 aliphatic heterocycles. The summed E-state index contributed by atoms with van der Waals surface area (Å²) in [6, 6.07) is 50.2. The minimum atomic E-state index is 0.872. The summed E-state index contributed by atoms with van der Waals surface area (Å²) in [6.45, 7) is 0. The molecule has 3 nitrogen and oxygen atoms in total. The van der Waals surface area contributed by atoms with Crippen molar-refractivity contribution in [2.75, 3.05) is 0 Å². The van der Waals surface area contributed by atoms with Crippen molar-refractivity contribution in [2.24, 2.45) is 0 Å². The molecule has 0 aliphatic carbocycles. The molecule has 200 valence electrons. The van der Waals surface area contributed by atoms with Crippen LogP contribution in [0.1, 0.15) is 0 Å². The second-order valence-corrected chi connectivity index (χ2v) is 11.0. The fourth-order valence-electron chi connectivity index (χ4n) is 6.79. The Morgan fingerprint density at radius 2 is 1.00 bits per heavy atom. The van der Waals surface area contributed by atoms with Gasteiger partial charge in [0.2, 0.25) is 0 Å². The van der Waals surface area contributed by atoms with Crippen molar-refractivity contribution in [3.8, 4) is 27.9 Å². The molecule has 0 amide bonds. The fraction of sp³-hybridized carbons (Fsp3) is 0. The Balaban J connectivity index is 1.54. The van der Waals surface area contributed by atoms with E-state index < -0.39 is 0 Å². The van der Waals surface area contributed by atoms with Crippen molar-refractivity contribution in [3.63, 3.8) is 0 Å². The second kappa shape index (κ2) is 9.37. The van der Waals surface area contributed by atoms with Gasteiger partial charge in [0.1, 0.15) is 0 Å². The molecule has 0 atom stereocenters. The summed E-state index contributed by atoms with van der Waals surface area (Å²) in [6.07, 6.45) is 3.54. The summed E-state index contributed by atoms with van der Waals surface area (Å²) in [5, 5.41) is 7.52. The highest BCUT2D eigenvalue weighted by Gasteiger charge is 2.22. The molecule has 0 unspecified atom stereocenters. The topological polar surface area (TPSA) is 30.7 Å².